The second kappa shape index (κ2) is 9.28. The van der Waals surface area contributed by atoms with Crippen LogP contribution in [-0.2, 0) is 19.1 Å². The van der Waals surface area contributed by atoms with Crippen molar-refractivity contribution >= 4 is 5.95 Å². The van der Waals surface area contributed by atoms with Crippen molar-refractivity contribution in [3.05, 3.63) is 53.1 Å². The van der Waals surface area contributed by atoms with Crippen LogP contribution in [0.2, 0.25) is 0 Å². The lowest BCUT2D eigenvalue weighted by Crippen LogP contribution is -2.37. The minimum Gasteiger partial charge on any atom is -0.393 e. The van der Waals surface area contributed by atoms with Crippen LogP contribution in [0, 0.1) is 18.3 Å². The van der Waals surface area contributed by atoms with Gasteiger partial charge in [0.05, 0.1) is 23.0 Å². The molecule has 3 aromatic rings. The number of aryl methyl sites for hydroxylation is 1. The van der Waals surface area contributed by atoms with E-state index in [2.05, 4.69) is 30.8 Å². The second-order valence-electron chi connectivity index (χ2n) is 9.53. The molecule has 0 radical (unpaired) electrons. The molecule has 0 amide bonds. The molecule has 4 rings (SSSR count). The van der Waals surface area contributed by atoms with E-state index >= 15 is 0 Å². The average molecular weight is 476 g/mol. The lowest BCUT2D eigenvalue weighted by molar-refractivity contribution is -0.138. The number of benzene rings is 1. The zero-order valence-electron chi connectivity index (χ0n) is 19.3. The molecule has 2 N–H and O–H groups in total. The topological polar surface area (TPSA) is 102 Å². The van der Waals surface area contributed by atoms with E-state index in [9.17, 15) is 18.3 Å². The summed E-state index contributed by atoms with van der Waals surface area (Å²) in [6, 6.07) is 7.45. The summed E-state index contributed by atoms with van der Waals surface area (Å²) in [5.41, 5.74) is 0.421. The first-order valence-electron chi connectivity index (χ1n) is 11.2. The molecule has 11 heteroatoms. The number of halogens is 3. The van der Waals surface area contributed by atoms with Crippen molar-refractivity contribution in [2.24, 2.45) is 11.3 Å². The van der Waals surface area contributed by atoms with Crippen LogP contribution in [0.1, 0.15) is 55.8 Å². The zero-order valence-corrected chi connectivity index (χ0v) is 19.3. The van der Waals surface area contributed by atoms with Gasteiger partial charge in [-0.05, 0) is 66.0 Å². The fourth-order valence-electron chi connectivity index (χ4n) is 4.60. The molecule has 1 aliphatic rings. The Labute approximate surface area is 195 Å². The normalized spacial score (nSPS) is 20.3. The number of alkyl halides is 3. The fourth-order valence-corrected chi connectivity index (χ4v) is 4.60. The Balaban J connectivity index is 1.56. The summed E-state index contributed by atoms with van der Waals surface area (Å²) in [6.07, 6.45) is -2.08. The van der Waals surface area contributed by atoms with Crippen LogP contribution in [0.3, 0.4) is 0 Å². The first-order valence-corrected chi connectivity index (χ1v) is 11.2. The Kier molecular flexibility index (Phi) is 6.57. The minimum absolute atomic E-state index is 0.00534. The third-order valence-corrected chi connectivity index (χ3v) is 6.50. The largest absolute Gasteiger partial charge is 0.419 e. The first-order chi connectivity index (χ1) is 16.0. The number of aliphatic hydroxyl groups excluding tert-OH is 1. The molecule has 1 fully saturated rings. The van der Waals surface area contributed by atoms with Crippen molar-refractivity contribution in [3.8, 4) is 5.69 Å². The molecule has 182 valence electrons. The Bertz CT molecular complexity index is 1150. The SMILES string of the molecule is Cc1nnnn1-c1ccccc1CNc1ncc(C(F)(F)F)c(C[C@@H]2CCC(O)C(C)(C)C2)n1. The van der Waals surface area contributed by atoms with Crippen LogP contribution in [0.4, 0.5) is 19.1 Å². The van der Waals surface area contributed by atoms with Gasteiger partial charge in [-0.25, -0.2) is 9.97 Å². The summed E-state index contributed by atoms with van der Waals surface area (Å²) in [4.78, 5) is 8.21. The van der Waals surface area contributed by atoms with Crippen molar-refractivity contribution in [2.75, 3.05) is 5.32 Å². The molecule has 1 unspecified atom stereocenters. The summed E-state index contributed by atoms with van der Waals surface area (Å²) < 4.78 is 42.6. The second-order valence-corrected chi connectivity index (χ2v) is 9.53. The lowest BCUT2D eigenvalue weighted by Gasteiger charge is -2.39. The summed E-state index contributed by atoms with van der Waals surface area (Å²) in [5, 5.41) is 24.8. The summed E-state index contributed by atoms with van der Waals surface area (Å²) in [5.74, 6) is 0.744. The molecule has 1 aliphatic carbocycles. The van der Waals surface area contributed by atoms with Gasteiger partial charge < -0.3 is 10.4 Å². The van der Waals surface area contributed by atoms with Crippen molar-refractivity contribution in [2.45, 2.75) is 65.3 Å². The number of nitrogens with zero attached hydrogens (tertiary/aromatic N) is 6. The van der Waals surface area contributed by atoms with Crippen LogP contribution < -0.4 is 5.32 Å². The molecule has 0 aliphatic heterocycles. The predicted molar refractivity (Wildman–Crippen MR) is 119 cm³/mol. The van der Waals surface area contributed by atoms with Crippen LogP contribution >= 0.6 is 0 Å². The summed E-state index contributed by atoms with van der Waals surface area (Å²) in [7, 11) is 0. The highest BCUT2D eigenvalue weighted by atomic mass is 19.4. The number of hydrogen-bond acceptors (Lipinski definition) is 7. The number of hydrogen-bond donors (Lipinski definition) is 2. The number of aromatic nitrogens is 6. The molecule has 1 aromatic carbocycles. The van der Waals surface area contributed by atoms with E-state index in [-0.39, 0.29) is 35.9 Å². The van der Waals surface area contributed by atoms with Crippen molar-refractivity contribution in [1.29, 1.82) is 0 Å². The fraction of sp³-hybridized carbons (Fsp3) is 0.522. The molecule has 0 bridgehead atoms. The van der Waals surface area contributed by atoms with Gasteiger partial charge in [0.1, 0.15) is 0 Å². The van der Waals surface area contributed by atoms with E-state index in [1.165, 1.54) is 0 Å². The summed E-state index contributed by atoms with van der Waals surface area (Å²) in [6.45, 7) is 5.96. The van der Waals surface area contributed by atoms with E-state index < -0.39 is 17.8 Å². The van der Waals surface area contributed by atoms with E-state index in [0.717, 1.165) is 17.4 Å². The van der Waals surface area contributed by atoms with Gasteiger partial charge >= 0.3 is 6.18 Å². The standard InChI is InChI=1S/C23H28F3N7O/c1-14-30-31-32-33(14)19-7-5-4-6-16(19)12-27-21-28-13-17(23(24,25)26)18(29-21)10-15-8-9-20(34)22(2,3)11-15/h4-7,13,15,20,34H,8-12H2,1-3H3,(H,27,28,29)/t15-,20?/m0/s1. The number of nitrogens with one attached hydrogen (secondary N) is 1. The minimum atomic E-state index is -4.54. The molecule has 0 spiro atoms. The molecule has 8 nitrogen and oxygen atoms in total. The third kappa shape index (κ3) is 5.19. The Morgan fingerprint density at radius 3 is 2.65 bits per heavy atom. The van der Waals surface area contributed by atoms with Gasteiger partial charge in [-0.15, -0.1) is 5.10 Å². The molecule has 2 aromatic heterocycles. The van der Waals surface area contributed by atoms with E-state index in [0.29, 0.717) is 25.1 Å². The lowest BCUT2D eigenvalue weighted by atomic mass is 9.69. The van der Waals surface area contributed by atoms with Crippen molar-refractivity contribution in [3.63, 3.8) is 0 Å². The maximum Gasteiger partial charge on any atom is 0.419 e. The highest BCUT2D eigenvalue weighted by Gasteiger charge is 2.39. The van der Waals surface area contributed by atoms with Crippen LogP contribution in [0.15, 0.2) is 30.5 Å². The van der Waals surface area contributed by atoms with Crippen LogP contribution in [0.25, 0.3) is 5.69 Å². The number of aliphatic hydroxyl groups is 1. The first kappa shape index (κ1) is 24.1. The van der Waals surface area contributed by atoms with Gasteiger partial charge in [0.2, 0.25) is 5.95 Å². The Morgan fingerprint density at radius 1 is 1.21 bits per heavy atom. The van der Waals surface area contributed by atoms with Gasteiger partial charge in [0.25, 0.3) is 0 Å². The van der Waals surface area contributed by atoms with Gasteiger partial charge in [-0.1, -0.05) is 32.0 Å². The Morgan fingerprint density at radius 2 is 1.97 bits per heavy atom. The van der Waals surface area contributed by atoms with Gasteiger partial charge in [0.15, 0.2) is 5.82 Å². The maximum atomic E-state index is 13.7. The number of tetrazole rings is 1. The molecule has 1 saturated carbocycles. The summed E-state index contributed by atoms with van der Waals surface area (Å²) >= 11 is 0. The average Bonchev–Trinajstić information content (AvgIpc) is 3.20. The monoisotopic (exact) mass is 475 g/mol. The highest BCUT2D eigenvalue weighted by molar-refractivity contribution is 5.43. The van der Waals surface area contributed by atoms with E-state index in [1.54, 1.807) is 11.6 Å². The molecular formula is C23H28F3N7O. The van der Waals surface area contributed by atoms with Crippen molar-refractivity contribution < 1.29 is 18.3 Å². The smallest absolute Gasteiger partial charge is 0.393 e. The van der Waals surface area contributed by atoms with Crippen LogP contribution in [-0.4, -0.2) is 41.4 Å². The maximum absolute atomic E-state index is 13.7. The molecule has 0 saturated heterocycles. The van der Waals surface area contributed by atoms with E-state index in [4.69, 9.17) is 0 Å². The third-order valence-electron chi connectivity index (χ3n) is 6.50. The van der Waals surface area contributed by atoms with Gasteiger partial charge in [0, 0.05) is 12.7 Å². The molecule has 34 heavy (non-hydrogen) atoms. The number of para-hydroxylation sites is 1. The zero-order chi connectivity index (χ0) is 24.5. The molecule has 2 heterocycles. The van der Waals surface area contributed by atoms with Gasteiger partial charge in [-0.2, -0.15) is 17.9 Å². The quantitative estimate of drug-likeness (QED) is 0.553. The molecular weight excluding hydrogens is 447 g/mol. The van der Waals surface area contributed by atoms with Crippen molar-refractivity contribution in [1.82, 2.24) is 30.2 Å². The van der Waals surface area contributed by atoms with E-state index in [1.807, 2.05) is 38.1 Å². The number of anilines is 1. The number of rotatable bonds is 6. The Hall–Kier alpha value is -3.08. The predicted octanol–water partition coefficient (Wildman–Crippen LogP) is 4.12. The van der Waals surface area contributed by atoms with Crippen LogP contribution in [0.5, 0.6) is 0 Å². The molecule has 2 atom stereocenters. The highest BCUT2D eigenvalue weighted by Crippen LogP contribution is 2.41. The van der Waals surface area contributed by atoms with Gasteiger partial charge in [-0.3, -0.25) is 0 Å².